The molecule has 3 aromatic rings. The minimum Gasteiger partial charge on any atom is -0.380 e. The first-order valence-electron chi connectivity index (χ1n) is 13.2. The summed E-state index contributed by atoms with van der Waals surface area (Å²) in [6, 6.07) is 5.49. The first-order valence-corrected chi connectivity index (χ1v) is 13.2. The first kappa shape index (κ1) is 33.4. The molecule has 0 saturated carbocycles. The summed E-state index contributed by atoms with van der Waals surface area (Å²) in [7, 11) is 1.56. The van der Waals surface area contributed by atoms with E-state index in [-0.39, 0.29) is 42.6 Å². The number of hydrogen-bond acceptors (Lipinski definition) is 6. The van der Waals surface area contributed by atoms with Crippen molar-refractivity contribution in [2.24, 2.45) is 11.7 Å². The van der Waals surface area contributed by atoms with E-state index in [9.17, 15) is 9.18 Å². The van der Waals surface area contributed by atoms with Crippen LogP contribution in [0.25, 0.3) is 11.1 Å². The Hall–Kier alpha value is -3.12. The third-order valence-electron chi connectivity index (χ3n) is 7.54. The summed E-state index contributed by atoms with van der Waals surface area (Å²) in [6.07, 6.45) is 4.46. The van der Waals surface area contributed by atoms with Gasteiger partial charge >= 0.3 is 0 Å². The van der Waals surface area contributed by atoms with E-state index in [4.69, 9.17) is 10.5 Å². The number of amides is 1. The van der Waals surface area contributed by atoms with Gasteiger partial charge in [-0.05, 0) is 49.1 Å². The Morgan fingerprint density at radius 2 is 1.71 bits per heavy atom. The van der Waals surface area contributed by atoms with Crippen LogP contribution in [0, 0.1) is 29.2 Å². The van der Waals surface area contributed by atoms with Gasteiger partial charge in [0, 0.05) is 51.2 Å². The zero-order valence-electron chi connectivity index (χ0n) is 23.1. The minimum absolute atomic E-state index is 0. The summed E-state index contributed by atoms with van der Waals surface area (Å²) in [5, 5.41) is 2.63. The lowest BCUT2D eigenvalue weighted by Crippen LogP contribution is -2.46. The molecule has 2 saturated heterocycles. The highest BCUT2D eigenvalue weighted by atomic mass is 35.5. The fourth-order valence-electron chi connectivity index (χ4n) is 5.64. The average Bonchev–Trinajstić information content (AvgIpc) is 3.39. The molecule has 228 valence electrons. The standard InChI is InChI=1S/C29H31F4N5O2.2ClH/c1-16-9-17(34)14-38(13-16)25-5-7-35-12-24(25)36-29(39)20-3-4-21(30)27(28(20)33)26-22(31)10-18(11-23(26)32)37-8-6-19(15-37)40-2;;/h3-5,7,10-12,16-17,19H,6,8-9,13-15,34H2,1-2H3,(H,36,39);2*1H/t16-,17+,19?;;/m1../s1. The smallest absolute Gasteiger partial charge is 0.258 e. The highest BCUT2D eigenvalue weighted by Gasteiger charge is 2.29. The Balaban J connectivity index is 0.00000242. The van der Waals surface area contributed by atoms with Crippen LogP contribution in [0.3, 0.4) is 0 Å². The molecule has 0 aliphatic carbocycles. The molecule has 13 heteroatoms. The molecule has 2 aliphatic rings. The number of nitrogens with one attached hydrogen (secondary N) is 1. The lowest BCUT2D eigenvalue weighted by atomic mass is 9.96. The molecule has 0 spiro atoms. The lowest BCUT2D eigenvalue weighted by Gasteiger charge is -2.37. The largest absolute Gasteiger partial charge is 0.380 e. The number of nitrogens with two attached hydrogens (primary N) is 1. The van der Waals surface area contributed by atoms with E-state index < -0.39 is 45.9 Å². The summed E-state index contributed by atoms with van der Waals surface area (Å²) in [5.74, 6) is -5.45. The van der Waals surface area contributed by atoms with Crippen LogP contribution in [-0.2, 0) is 4.74 Å². The SMILES string of the molecule is COC1CCN(c2cc(F)c(-c3c(F)ccc(C(=O)Nc4cnccc4N4C[C@H](C)C[C@H](N)C4)c3F)c(F)c2)C1.Cl.Cl. The molecule has 2 fully saturated rings. The molecule has 7 nitrogen and oxygen atoms in total. The molecule has 42 heavy (non-hydrogen) atoms. The van der Waals surface area contributed by atoms with Crippen molar-refractivity contribution in [2.75, 3.05) is 48.4 Å². The number of piperidine rings is 1. The minimum atomic E-state index is -1.37. The van der Waals surface area contributed by atoms with Gasteiger partial charge in [0.1, 0.15) is 23.3 Å². The summed E-state index contributed by atoms with van der Waals surface area (Å²) in [5.41, 5.74) is 4.98. The fourth-order valence-corrected chi connectivity index (χ4v) is 5.64. The van der Waals surface area contributed by atoms with Gasteiger partial charge in [0.25, 0.3) is 5.91 Å². The maximum Gasteiger partial charge on any atom is 0.258 e. The van der Waals surface area contributed by atoms with Crippen molar-refractivity contribution in [2.45, 2.75) is 31.9 Å². The van der Waals surface area contributed by atoms with E-state index in [1.807, 2.05) is 4.90 Å². The monoisotopic (exact) mass is 629 g/mol. The van der Waals surface area contributed by atoms with Crippen LogP contribution >= 0.6 is 24.8 Å². The Morgan fingerprint density at radius 3 is 2.36 bits per heavy atom. The molecule has 2 aliphatic heterocycles. The van der Waals surface area contributed by atoms with Crippen LogP contribution in [0.2, 0.25) is 0 Å². The van der Waals surface area contributed by atoms with Crippen molar-refractivity contribution in [3.63, 3.8) is 0 Å². The van der Waals surface area contributed by atoms with Gasteiger partial charge in [0.15, 0.2) is 0 Å². The van der Waals surface area contributed by atoms with Crippen LogP contribution in [0.5, 0.6) is 0 Å². The predicted molar refractivity (Wildman–Crippen MR) is 160 cm³/mol. The van der Waals surface area contributed by atoms with Crippen LogP contribution in [0.4, 0.5) is 34.6 Å². The van der Waals surface area contributed by atoms with Gasteiger partial charge in [-0.1, -0.05) is 6.92 Å². The van der Waals surface area contributed by atoms with E-state index in [2.05, 4.69) is 17.2 Å². The fraction of sp³-hybridized carbons (Fsp3) is 0.379. The van der Waals surface area contributed by atoms with E-state index in [1.165, 1.54) is 6.20 Å². The number of methoxy groups -OCH3 is 1. The zero-order chi connectivity index (χ0) is 28.6. The van der Waals surface area contributed by atoms with Gasteiger partial charge in [-0.25, -0.2) is 17.6 Å². The number of nitrogens with zero attached hydrogens (tertiary/aromatic N) is 3. The predicted octanol–water partition coefficient (Wildman–Crippen LogP) is 5.80. The lowest BCUT2D eigenvalue weighted by molar-refractivity contribution is 0.102. The number of halogens is 6. The van der Waals surface area contributed by atoms with Gasteiger partial charge in [0.2, 0.25) is 0 Å². The molecule has 3 atom stereocenters. The maximum atomic E-state index is 15.7. The van der Waals surface area contributed by atoms with Gasteiger partial charge < -0.3 is 25.6 Å². The van der Waals surface area contributed by atoms with Crippen LogP contribution < -0.4 is 20.9 Å². The molecule has 1 amide bonds. The van der Waals surface area contributed by atoms with E-state index in [1.54, 1.807) is 24.3 Å². The van der Waals surface area contributed by atoms with Crippen molar-refractivity contribution in [3.8, 4) is 11.1 Å². The quantitative estimate of drug-likeness (QED) is 0.335. The van der Waals surface area contributed by atoms with Gasteiger partial charge in [-0.3, -0.25) is 9.78 Å². The highest BCUT2D eigenvalue weighted by molar-refractivity contribution is 6.06. The first-order chi connectivity index (χ1) is 19.2. The third-order valence-corrected chi connectivity index (χ3v) is 7.54. The number of benzene rings is 2. The summed E-state index contributed by atoms with van der Waals surface area (Å²) >= 11 is 0. The Labute approximate surface area is 254 Å². The molecule has 3 heterocycles. The number of carbonyl (C=O) groups is 1. The molecule has 1 unspecified atom stereocenters. The Kier molecular flexibility index (Phi) is 11.0. The summed E-state index contributed by atoms with van der Waals surface area (Å²) in [6.45, 7) is 4.30. The van der Waals surface area contributed by atoms with Crippen molar-refractivity contribution in [1.29, 1.82) is 0 Å². The maximum absolute atomic E-state index is 15.7. The number of rotatable bonds is 6. The second-order valence-corrected chi connectivity index (χ2v) is 10.5. The summed E-state index contributed by atoms with van der Waals surface area (Å²) < 4.78 is 66.3. The highest BCUT2D eigenvalue weighted by Crippen LogP contribution is 2.36. The van der Waals surface area contributed by atoms with Crippen molar-refractivity contribution >= 4 is 47.8 Å². The van der Waals surface area contributed by atoms with E-state index >= 15 is 13.2 Å². The number of pyridine rings is 1. The number of aromatic nitrogens is 1. The molecule has 3 N–H and O–H groups in total. The topological polar surface area (TPSA) is 83.7 Å². The second-order valence-electron chi connectivity index (χ2n) is 10.5. The summed E-state index contributed by atoms with van der Waals surface area (Å²) in [4.78, 5) is 21.0. The second kappa shape index (κ2) is 13.9. The normalized spacial score (nSPS) is 20.1. The number of carbonyl (C=O) groups excluding carboxylic acids is 1. The number of hydrogen-bond donors (Lipinski definition) is 2. The van der Waals surface area contributed by atoms with Crippen molar-refractivity contribution < 1.29 is 27.1 Å². The molecule has 0 radical (unpaired) electrons. The Morgan fingerprint density at radius 1 is 1.00 bits per heavy atom. The molecule has 5 rings (SSSR count). The van der Waals surface area contributed by atoms with Crippen LogP contribution in [0.15, 0.2) is 42.7 Å². The average molecular weight is 631 g/mol. The number of anilines is 3. The van der Waals surface area contributed by atoms with Crippen LogP contribution in [0.1, 0.15) is 30.1 Å². The van der Waals surface area contributed by atoms with Gasteiger partial charge in [-0.2, -0.15) is 0 Å². The van der Waals surface area contributed by atoms with Gasteiger partial charge in [0.05, 0.1) is 40.4 Å². The third kappa shape index (κ3) is 6.75. The van der Waals surface area contributed by atoms with E-state index in [0.717, 1.165) is 30.7 Å². The molecule has 0 bridgehead atoms. The van der Waals surface area contributed by atoms with Crippen molar-refractivity contribution in [1.82, 2.24) is 4.98 Å². The number of ether oxygens (including phenoxy) is 1. The molecular weight excluding hydrogens is 597 g/mol. The molecular formula is C29H33Cl2F4N5O2. The van der Waals surface area contributed by atoms with Crippen molar-refractivity contribution in [3.05, 3.63) is 71.6 Å². The van der Waals surface area contributed by atoms with Gasteiger partial charge in [-0.15, -0.1) is 24.8 Å². The molecule has 2 aromatic carbocycles. The zero-order valence-corrected chi connectivity index (χ0v) is 24.7. The van der Waals surface area contributed by atoms with Crippen LogP contribution in [-0.4, -0.2) is 56.3 Å². The van der Waals surface area contributed by atoms with E-state index in [0.29, 0.717) is 49.9 Å². The molecule has 1 aromatic heterocycles. The Bertz CT molecular complexity index is 1400.